The third kappa shape index (κ3) is 5.41. The highest BCUT2D eigenvalue weighted by Crippen LogP contribution is 2.22. The van der Waals surface area contributed by atoms with Gasteiger partial charge in [0.15, 0.2) is 0 Å². The average molecular weight is 204 g/mol. The van der Waals surface area contributed by atoms with Crippen LogP contribution in [0.1, 0.15) is 47.0 Å². The van der Waals surface area contributed by atoms with Crippen molar-refractivity contribution in [3.05, 3.63) is 47.6 Å². The Hall–Kier alpha value is -1.04. The van der Waals surface area contributed by atoms with Crippen molar-refractivity contribution in [3.8, 4) is 0 Å². The summed E-state index contributed by atoms with van der Waals surface area (Å²) in [6.45, 7) is 12.6. The van der Waals surface area contributed by atoms with Gasteiger partial charge in [0.1, 0.15) is 0 Å². The predicted octanol–water partition coefficient (Wildman–Crippen LogP) is 5.20. The van der Waals surface area contributed by atoms with Gasteiger partial charge in [-0.1, -0.05) is 56.7 Å². The van der Waals surface area contributed by atoms with Crippen LogP contribution in [0, 0.1) is 0 Å². The summed E-state index contributed by atoms with van der Waals surface area (Å²) in [4.78, 5) is 0. The number of rotatable bonds is 6. The molecule has 0 rings (SSSR count). The van der Waals surface area contributed by atoms with Gasteiger partial charge in [0, 0.05) is 0 Å². The molecule has 0 spiro atoms. The lowest BCUT2D eigenvalue weighted by atomic mass is 9.95. The van der Waals surface area contributed by atoms with Crippen LogP contribution in [0.4, 0.5) is 0 Å². The second-order valence-electron chi connectivity index (χ2n) is 3.77. The van der Waals surface area contributed by atoms with Crippen molar-refractivity contribution in [3.63, 3.8) is 0 Å². The molecule has 0 radical (unpaired) electrons. The highest BCUT2D eigenvalue weighted by Gasteiger charge is 2.03. The number of allylic oxidation sites excluding steroid dienone is 7. The van der Waals surface area contributed by atoms with Crippen LogP contribution in [0.2, 0.25) is 0 Å². The van der Waals surface area contributed by atoms with Gasteiger partial charge in [-0.05, 0) is 37.8 Å². The van der Waals surface area contributed by atoms with Gasteiger partial charge in [-0.25, -0.2) is 0 Å². The maximum atomic E-state index is 4.05. The fraction of sp³-hybridized carbons (Fsp3) is 0.467. The smallest absolute Gasteiger partial charge is 0.0204 e. The molecule has 0 aromatic rings. The first-order valence-electron chi connectivity index (χ1n) is 5.85. The molecule has 0 heteroatoms. The summed E-state index contributed by atoms with van der Waals surface area (Å²) >= 11 is 0. The molecule has 0 aromatic carbocycles. The molecule has 0 heterocycles. The molecule has 0 saturated carbocycles. The maximum Gasteiger partial charge on any atom is -0.0204 e. The molecular weight excluding hydrogens is 180 g/mol. The third-order valence-corrected chi connectivity index (χ3v) is 2.23. The average Bonchev–Trinajstić information content (AvgIpc) is 2.18. The van der Waals surface area contributed by atoms with E-state index in [2.05, 4.69) is 51.7 Å². The molecule has 0 aliphatic rings. The largest absolute Gasteiger partial charge is 0.0955 e. The summed E-state index contributed by atoms with van der Waals surface area (Å²) in [6.07, 6.45) is 12.0. The van der Waals surface area contributed by atoms with E-state index < -0.39 is 0 Å². The molecule has 0 fully saturated rings. The van der Waals surface area contributed by atoms with Crippen LogP contribution >= 0.6 is 0 Å². The molecule has 0 saturated heterocycles. The minimum atomic E-state index is 1.09. The molecule has 15 heavy (non-hydrogen) atoms. The zero-order valence-electron chi connectivity index (χ0n) is 10.6. The van der Waals surface area contributed by atoms with E-state index in [1.54, 1.807) is 0 Å². The fourth-order valence-electron chi connectivity index (χ4n) is 1.58. The monoisotopic (exact) mass is 204 g/mol. The summed E-state index contributed by atoms with van der Waals surface area (Å²) in [5, 5.41) is 0. The maximum absolute atomic E-state index is 4.05. The van der Waals surface area contributed by atoms with Gasteiger partial charge in [0.05, 0.1) is 0 Å². The van der Waals surface area contributed by atoms with Crippen LogP contribution in [0.15, 0.2) is 47.6 Å². The van der Waals surface area contributed by atoms with Crippen molar-refractivity contribution in [2.75, 3.05) is 0 Å². The van der Waals surface area contributed by atoms with Gasteiger partial charge in [0.25, 0.3) is 0 Å². The summed E-state index contributed by atoms with van der Waals surface area (Å²) in [5.74, 6) is 0. The first kappa shape index (κ1) is 14.0. The minimum Gasteiger partial charge on any atom is -0.0955 e. The summed E-state index contributed by atoms with van der Waals surface area (Å²) in [6, 6.07) is 0. The van der Waals surface area contributed by atoms with Crippen molar-refractivity contribution in [2.45, 2.75) is 47.0 Å². The zero-order valence-corrected chi connectivity index (χ0v) is 10.6. The summed E-state index contributed by atoms with van der Waals surface area (Å²) < 4.78 is 0. The Kier molecular flexibility index (Phi) is 7.71. The molecule has 0 unspecified atom stereocenters. The van der Waals surface area contributed by atoms with Crippen LogP contribution in [0.5, 0.6) is 0 Å². The van der Waals surface area contributed by atoms with Crippen LogP contribution < -0.4 is 0 Å². The fourth-order valence-corrected chi connectivity index (χ4v) is 1.58. The third-order valence-electron chi connectivity index (χ3n) is 2.23. The Labute approximate surface area is 95.1 Å². The lowest BCUT2D eigenvalue weighted by Crippen LogP contribution is -1.91. The van der Waals surface area contributed by atoms with Crippen LogP contribution in [-0.4, -0.2) is 0 Å². The second-order valence-corrected chi connectivity index (χ2v) is 3.77. The van der Waals surface area contributed by atoms with Crippen molar-refractivity contribution >= 4 is 0 Å². The molecule has 0 amide bonds. The SMILES string of the molecule is C=C(C)C(=CC=CC)C(=CCC)CCC. The Morgan fingerprint density at radius 1 is 1.27 bits per heavy atom. The van der Waals surface area contributed by atoms with Crippen LogP contribution in [0.25, 0.3) is 0 Å². The van der Waals surface area contributed by atoms with Gasteiger partial charge < -0.3 is 0 Å². The molecule has 0 nitrogen and oxygen atoms in total. The molecule has 0 aliphatic carbocycles. The summed E-state index contributed by atoms with van der Waals surface area (Å²) in [5.41, 5.74) is 3.89. The number of hydrogen-bond acceptors (Lipinski definition) is 0. The first-order valence-corrected chi connectivity index (χ1v) is 5.85. The summed E-state index contributed by atoms with van der Waals surface area (Å²) in [7, 11) is 0. The van der Waals surface area contributed by atoms with E-state index in [9.17, 15) is 0 Å². The lowest BCUT2D eigenvalue weighted by Gasteiger charge is -2.11. The normalized spacial score (nSPS) is 13.6. The highest BCUT2D eigenvalue weighted by atomic mass is 14.1. The number of hydrogen-bond donors (Lipinski definition) is 0. The molecule has 0 aliphatic heterocycles. The Morgan fingerprint density at radius 2 is 1.93 bits per heavy atom. The molecule has 0 aromatic heterocycles. The molecular formula is C15H24. The first-order chi connectivity index (χ1) is 7.17. The van der Waals surface area contributed by atoms with Crippen molar-refractivity contribution in [2.24, 2.45) is 0 Å². The van der Waals surface area contributed by atoms with E-state index >= 15 is 0 Å². The van der Waals surface area contributed by atoms with E-state index in [1.807, 2.05) is 6.92 Å². The minimum absolute atomic E-state index is 1.09. The van der Waals surface area contributed by atoms with E-state index in [0.29, 0.717) is 0 Å². The molecule has 0 bridgehead atoms. The van der Waals surface area contributed by atoms with Crippen molar-refractivity contribution in [1.82, 2.24) is 0 Å². The molecule has 0 N–H and O–H groups in total. The van der Waals surface area contributed by atoms with E-state index in [1.165, 1.54) is 17.6 Å². The standard InChI is InChI=1S/C15H24/c1-6-9-12-15(13(4)5)14(10-7-2)11-8-3/h6,9-10,12H,4,7-8,11H2,1-3,5H3. The van der Waals surface area contributed by atoms with Gasteiger partial charge in [-0.15, -0.1) is 0 Å². The van der Waals surface area contributed by atoms with Gasteiger partial charge >= 0.3 is 0 Å². The van der Waals surface area contributed by atoms with Crippen molar-refractivity contribution in [1.29, 1.82) is 0 Å². The van der Waals surface area contributed by atoms with Gasteiger partial charge in [0.2, 0.25) is 0 Å². The predicted molar refractivity (Wildman–Crippen MR) is 71.0 cm³/mol. The Morgan fingerprint density at radius 3 is 2.33 bits per heavy atom. The zero-order chi connectivity index (χ0) is 11.7. The van der Waals surface area contributed by atoms with E-state index in [-0.39, 0.29) is 0 Å². The van der Waals surface area contributed by atoms with E-state index in [0.717, 1.165) is 18.4 Å². The molecule has 0 atom stereocenters. The lowest BCUT2D eigenvalue weighted by molar-refractivity contribution is 0.904. The van der Waals surface area contributed by atoms with Gasteiger partial charge in [-0.2, -0.15) is 0 Å². The van der Waals surface area contributed by atoms with Crippen LogP contribution in [0.3, 0.4) is 0 Å². The quantitative estimate of drug-likeness (QED) is 0.521. The van der Waals surface area contributed by atoms with Crippen LogP contribution in [-0.2, 0) is 0 Å². The van der Waals surface area contributed by atoms with Crippen molar-refractivity contribution < 1.29 is 0 Å². The molecule has 84 valence electrons. The highest BCUT2D eigenvalue weighted by molar-refractivity contribution is 5.46. The topological polar surface area (TPSA) is 0 Å². The second kappa shape index (κ2) is 8.28. The van der Waals surface area contributed by atoms with E-state index in [4.69, 9.17) is 0 Å². The Balaban J connectivity index is 5.01. The Bertz CT molecular complexity index is 274. The van der Waals surface area contributed by atoms with Gasteiger partial charge in [-0.3, -0.25) is 0 Å².